The maximum Gasteiger partial charge on any atom is 0.101 e. The first-order chi connectivity index (χ1) is 5.83. The van der Waals surface area contributed by atoms with Gasteiger partial charge in [-0.3, -0.25) is 3.59 Å². The maximum atomic E-state index is 8.76. The van der Waals surface area contributed by atoms with E-state index in [0.29, 0.717) is 5.56 Å². The van der Waals surface area contributed by atoms with E-state index >= 15 is 0 Å². The van der Waals surface area contributed by atoms with Gasteiger partial charge < -0.3 is 0 Å². The number of halogens is 1. The van der Waals surface area contributed by atoms with Gasteiger partial charge in [-0.15, -0.1) is 0 Å². The first kappa shape index (κ1) is 7.38. The van der Waals surface area contributed by atoms with Crippen LogP contribution in [0.15, 0.2) is 30.5 Å². The summed E-state index contributed by atoms with van der Waals surface area (Å²) in [6.45, 7) is 0. The first-order valence-electron chi connectivity index (χ1n) is 3.49. The highest BCUT2D eigenvalue weighted by Crippen LogP contribution is 2.21. The Morgan fingerprint density at radius 2 is 2.08 bits per heavy atom. The van der Waals surface area contributed by atoms with Gasteiger partial charge in [0, 0.05) is 11.6 Å². The summed E-state index contributed by atoms with van der Waals surface area (Å²) in [5.41, 5.74) is 1.72. The molecule has 0 saturated carbocycles. The van der Waals surface area contributed by atoms with Crippen LogP contribution in [-0.4, -0.2) is 3.59 Å². The number of hydrogen-bond acceptors (Lipinski definition) is 1. The molecule has 0 fully saturated rings. The lowest BCUT2D eigenvalue weighted by Crippen LogP contribution is -1.71. The van der Waals surface area contributed by atoms with Crippen molar-refractivity contribution in [2.24, 2.45) is 0 Å². The van der Waals surface area contributed by atoms with E-state index in [1.165, 1.54) is 0 Å². The van der Waals surface area contributed by atoms with Crippen molar-refractivity contribution in [1.29, 1.82) is 5.26 Å². The zero-order valence-corrected chi connectivity index (χ0v) is 7.75. The van der Waals surface area contributed by atoms with E-state index in [9.17, 15) is 0 Å². The molecule has 1 aromatic carbocycles. The van der Waals surface area contributed by atoms with Crippen LogP contribution in [0.25, 0.3) is 10.9 Å². The van der Waals surface area contributed by atoms with E-state index in [1.807, 2.05) is 24.3 Å². The lowest BCUT2D eigenvalue weighted by molar-refractivity contribution is 1.37. The number of aromatic nitrogens is 1. The van der Waals surface area contributed by atoms with Crippen LogP contribution in [0.4, 0.5) is 0 Å². The Morgan fingerprint density at radius 1 is 1.33 bits per heavy atom. The first-order valence-corrected chi connectivity index (χ1v) is 4.20. The second-order valence-corrected chi connectivity index (χ2v) is 3.25. The van der Waals surface area contributed by atoms with Crippen LogP contribution in [0.3, 0.4) is 0 Å². The average molecular weight is 221 g/mol. The van der Waals surface area contributed by atoms with Gasteiger partial charge in [-0.1, -0.05) is 18.2 Å². The van der Waals surface area contributed by atoms with E-state index in [2.05, 4.69) is 22.2 Å². The fourth-order valence-corrected chi connectivity index (χ4v) is 1.74. The smallest absolute Gasteiger partial charge is 0.101 e. The normalized spacial score (nSPS) is 10.0. The molecule has 58 valence electrons. The van der Waals surface area contributed by atoms with Gasteiger partial charge in [0.25, 0.3) is 0 Å². The predicted octanol–water partition coefficient (Wildman–Crippen LogP) is 2.67. The molecule has 0 N–H and O–H groups in total. The molecule has 0 amide bonds. The van der Waals surface area contributed by atoms with Crippen molar-refractivity contribution in [2.45, 2.75) is 0 Å². The summed E-state index contributed by atoms with van der Waals surface area (Å²) in [6.07, 6.45) is 1.77. The summed E-state index contributed by atoms with van der Waals surface area (Å²) < 4.78 is 1.78. The summed E-state index contributed by atoms with van der Waals surface area (Å²) in [5, 5.41) is 9.75. The van der Waals surface area contributed by atoms with E-state index in [4.69, 9.17) is 5.26 Å². The molecule has 12 heavy (non-hydrogen) atoms. The molecule has 0 atom stereocenters. The molecule has 1 aromatic heterocycles. The van der Waals surface area contributed by atoms with Crippen molar-refractivity contribution in [3.63, 3.8) is 0 Å². The second kappa shape index (κ2) is 2.65. The minimum atomic E-state index is 0.697. The van der Waals surface area contributed by atoms with Gasteiger partial charge in [0.15, 0.2) is 0 Å². The van der Waals surface area contributed by atoms with E-state index in [-0.39, 0.29) is 0 Å². The molecule has 0 aliphatic heterocycles. The Kier molecular flexibility index (Phi) is 1.63. The zero-order chi connectivity index (χ0) is 8.55. The Labute approximate surface area is 78.4 Å². The lowest BCUT2D eigenvalue weighted by atomic mass is 10.2. The molecule has 3 heteroatoms. The minimum absolute atomic E-state index is 0.697. The SMILES string of the molecule is N#Cc1cn(Br)c2ccccc12. The molecule has 0 radical (unpaired) electrons. The number of hydrogen-bond donors (Lipinski definition) is 0. The lowest BCUT2D eigenvalue weighted by Gasteiger charge is -1.90. The van der Waals surface area contributed by atoms with Crippen LogP contribution in [0.1, 0.15) is 5.56 Å². The summed E-state index contributed by atoms with van der Waals surface area (Å²) in [4.78, 5) is 0. The third-order valence-electron chi connectivity index (χ3n) is 1.79. The predicted molar refractivity (Wildman–Crippen MR) is 51.0 cm³/mol. The van der Waals surface area contributed by atoms with Crippen LogP contribution in [-0.2, 0) is 0 Å². The number of benzene rings is 1. The van der Waals surface area contributed by atoms with Gasteiger partial charge in [0.05, 0.1) is 27.2 Å². The Balaban J connectivity index is 2.94. The third kappa shape index (κ3) is 0.926. The summed E-state index contributed by atoms with van der Waals surface area (Å²) in [5.74, 6) is 0. The van der Waals surface area contributed by atoms with Crippen LogP contribution >= 0.6 is 16.1 Å². The second-order valence-electron chi connectivity index (χ2n) is 2.48. The molecule has 0 aliphatic carbocycles. The average Bonchev–Trinajstić information content (AvgIpc) is 2.44. The molecule has 1 heterocycles. The van der Waals surface area contributed by atoms with Gasteiger partial charge in [0.2, 0.25) is 0 Å². The molecular weight excluding hydrogens is 216 g/mol. The highest BCUT2D eigenvalue weighted by Gasteiger charge is 2.04. The van der Waals surface area contributed by atoms with Crippen molar-refractivity contribution >= 4 is 27.1 Å². The Bertz CT molecular complexity index is 465. The molecule has 0 unspecified atom stereocenters. The van der Waals surface area contributed by atoms with Gasteiger partial charge in [-0.2, -0.15) is 5.26 Å². The number of para-hydroxylation sites is 1. The van der Waals surface area contributed by atoms with Gasteiger partial charge >= 0.3 is 0 Å². The summed E-state index contributed by atoms with van der Waals surface area (Å²) in [7, 11) is 0. The Hall–Kier alpha value is -1.27. The van der Waals surface area contributed by atoms with Crippen LogP contribution < -0.4 is 0 Å². The molecule has 0 spiro atoms. The van der Waals surface area contributed by atoms with Crippen LogP contribution in [0.5, 0.6) is 0 Å². The van der Waals surface area contributed by atoms with Crippen molar-refractivity contribution < 1.29 is 0 Å². The summed E-state index contributed by atoms with van der Waals surface area (Å²) in [6, 6.07) is 9.91. The van der Waals surface area contributed by atoms with Gasteiger partial charge in [-0.05, 0) is 6.07 Å². The van der Waals surface area contributed by atoms with Crippen LogP contribution in [0.2, 0.25) is 0 Å². The topological polar surface area (TPSA) is 28.7 Å². The van der Waals surface area contributed by atoms with Crippen molar-refractivity contribution in [2.75, 3.05) is 0 Å². The largest absolute Gasteiger partial charge is 0.282 e. The molecular formula is C9H5BrN2. The van der Waals surface area contributed by atoms with E-state index in [0.717, 1.165) is 10.9 Å². The fraction of sp³-hybridized carbons (Fsp3) is 0. The Morgan fingerprint density at radius 3 is 2.83 bits per heavy atom. The highest BCUT2D eigenvalue weighted by atomic mass is 79.9. The number of fused-ring (bicyclic) bond motifs is 1. The maximum absolute atomic E-state index is 8.76. The third-order valence-corrected chi connectivity index (χ3v) is 2.37. The monoisotopic (exact) mass is 220 g/mol. The molecule has 2 nitrogen and oxygen atoms in total. The van der Waals surface area contributed by atoms with Crippen LogP contribution in [0, 0.1) is 11.3 Å². The van der Waals surface area contributed by atoms with Crippen molar-refractivity contribution in [3.05, 3.63) is 36.0 Å². The van der Waals surface area contributed by atoms with E-state index < -0.39 is 0 Å². The zero-order valence-electron chi connectivity index (χ0n) is 6.16. The fourth-order valence-electron chi connectivity index (χ4n) is 1.23. The summed E-state index contributed by atoms with van der Waals surface area (Å²) >= 11 is 3.32. The quantitative estimate of drug-likeness (QED) is 0.672. The van der Waals surface area contributed by atoms with Gasteiger partial charge in [0.1, 0.15) is 6.07 Å². The number of rotatable bonds is 0. The van der Waals surface area contributed by atoms with E-state index in [1.54, 1.807) is 9.79 Å². The highest BCUT2D eigenvalue weighted by molar-refractivity contribution is 9.08. The molecule has 0 saturated heterocycles. The minimum Gasteiger partial charge on any atom is -0.282 e. The number of nitrogens with zero attached hydrogens (tertiary/aromatic N) is 2. The number of nitriles is 1. The van der Waals surface area contributed by atoms with Crippen molar-refractivity contribution in [1.82, 2.24) is 3.59 Å². The molecule has 2 aromatic rings. The van der Waals surface area contributed by atoms with Crippen molar-refractivity contribution in [3.8, 4) is 6.07 Å². The standard InChI is InChI=1S/C9H5BrN2/c10-12-6-7(5-11)8-3-1-2-4-9(8)12/h1-4,6H. The molecule has 0 bridgehead atoms. The van der Waals surface area contributed by atoms with Gasteiger partial charge in [-0.25, -0.2) is 0 Å². The molecule has 0 aliphatic rings. The molecule has 2 rings (SSSR count).